The second kappa shape index (κ2) is 5.79. The minimum atomic E-state index is -0.713. The van der Waals surface area contributed by atoms with Gasteiger partial charge in [-0.3, -0.25) is 0 Å². The van der Waals surface area contributed by atoms with Crippen LogP contribution in [0, 0.1) is 0 Å². The molecule has 1 N–H and O–H groups in total. The summed E-state index contributed by atoms with van der Waals surface area (Å²) in [7, 11) is 0. The number of likely N-dealkylation sites (tertiary alicyclic amines) is 1. The average molecular weight is 291 g/mol. The lowest BCUT2D eigenvalue weighted by Gasteiger charge is -2.35. The van der Waals surface area contributed by atoms with Crippen LogP contribution in [0.5, 0.6) is 0 Å². The van der Waals surface area contributed by atoms with Crippen molar-refractivity contribution in [1.82, 2.24) is 14.5 Å². The number of aromatic nitrogens is 2. The van der Waals surface area contributed by atoms with Gasteiger partial charge in [-0.05, 0) is 59.0 Å². The van der Waals surface area contributed by atoms with E-state index < -0.39 is 12.0 Å². The highest BCUT2D eigenvalue weighted by atomic mass is 16.4. The average Bonchev–Trinajstić information content (AvgIpc) is 2.91. The standard InChI is InChI=1S/C16H25N3O2/c1-11(2)18-8-6-12(7-9-18)15-17-10-13-4-3-5-14(16(20)21)19(13)15/h10-12,14H,3-9H2,1-2H3,(H,20,21). The van der Waals surface area contributed by atoms with Gasteiger partial charge in [0.15, 0.2) is 0 Å². The molecule has 21 heavy (non-hydrogen) atoms. The van der Waals surface area contributed by atoms with Crippen molar-refractivity contribution in [2.75, 3.05) is 13.1 Å². The molecule has 5 heteroatoms. The second-order valence-corrected chi connectivity index (χ2v) is 6.63. The highest BCUT2D eigenvalue weighted by Crippen LogP contribution is 2.34. The van der Waals surface area contributed by atoms with E-state index in [2.05, 4.69) is 23.7 Å². The third-order valence-corrected chi connectivity index (χ3v) is 5.03. The van der Waals surface area contributed by atoms with Gasteiger partial charge in [-0.15, -0.1) is 0 Å². The van der Waals surface area contributed by atoms with Crippen molar-refractivity contribution in [3.05, 3.63) is 17.7 Å². The Balaban J connectivity index is 1.81. The predicted molar refractivity (Wildman–Crippen MR) is 80.5 cm³/mol. The molecule has 1 aromatic heterocycles. The van der Waals surface area contributed by atoms with Crippen LogP contribution in [0.3, 0.4) is 0 Å². The molecule has 0 bridgehead atoms. The van der Waals surface area contributed by atoms with Gasteiger partial charge in [-0.2, -0.15) is 0 Å². The number of aliphatic carboxylic acids is 1. The zero-order valence-electron chi connectivity index (χ0n) is 13.0. The van der Waals surface area contributed by atoms with Gasteiger partial charge in [0.1, 0.15) is 11.9 Å². The summed E-state index contributed by atoms with van der Waals surface area (Å²) >= 11 is 0. The first-order valence-electron chi connectivity index (χ1n) is 8.10. The largest absolute Gasteiger partial charge is 0.480 e. The number of carbonyl (C=O) groups is 1. The zero-order valence-corrected chi connectivity index (χ0v) is 13.0. The van der Waals surface area contributed by atoms with E-state index in [0.717, 1.165) is 56.7 Å². The van der Waals surface area contributed by atoms with Crippen molar-refractivity contribution in [3.8, 4) is 0 Å². The Morgan fingerprint density at radius 3 is 2.67 bits per heavy atom. The summed E-state index contributed by atoms with van der Waals surface area (Å²) in [5, 5.41) is 9.48. The number of nitrogens with zero attached hydrogens (tertiary/aromatic N) is 3. The molecule has 0 aromatic carbocycles. The van der Waals surface area contributed by atoms with Gasteiger partial charge in [0, 0.05) is 23.9 Å². The summed E-state index contributed by atoms with van der Waals surface area (Å²) in [5.74, 6) is 0.712. The number of aryl methyl sites for hydroxylation is 1. The number of carboxylic acids is 1. The number of fused-ring (bicyclic) bond motifs is 1. The minimum absolute atomic E-state index is 0.408. The highest BCUT2D eigenvalue weighted by Gasteiger charge is 2.32. The quantitative estimate of drug-likeness (QED) is 0.929. The number of carboxylic acid groups (broad SMARTS) is 1. The lowest BCUT2D eigenvalue weighted by molar-refractivity contribution is -0.141. The van der Waals surface area contributed by atoms with E-state index in [4.69, 9.17) is 0 Å². The van der Waals surface area contributed by atoms with Gasteiger partial charge >= 0.3 is 5.97 Å². The Morgan fingerprint density at radius 2 is 2.05 bits per heavy atom. The number of hydrogen-bond acceptors (Lipinski definition) is 3. The molecule has 1 aromatic rings. The van der Waals surface area contributed by atoms with Crippen molar-refractivity contribution in [3.63, 3.8) is 0 Å². The molecule has 2 aliphatic heterocycles. The third-order valence-electron chi connectivity index (χ3n) is 5.03. The molecule has 0 saturated carbocycles. The maximum absolute atomic E-state index is 11.5. The van der Waals surface area contributed by atoms with Crippen molar-refractivity contribution < 1.29 is 9.90 Å². The SMILES string of the molecule is CC(C)N1CCC(c2ncc3n2C(C(=O)O)CCC3)CC1. The van der Waals surface area contributed by atoms with Crippen LogP contribution in [-0.4, -0.2) is 44.7 Å². The molecule has 3 rings (SSSR count). The van der Waals surface area contributed by atoms with Crippen molar-refractivity contribution >= 4 is 5.97 Å². The number of piperidine rings is 1. The maximum atomic E-state index is 11.5. The fourth-order valence-electron chi connectivity index (χ4n) is 3.77. The fraction of sp³-hybridized carbons (Fsp3) is 0.750. The number of hydrogen-bond donors (Lipinski definition) is 1. The first-order chi connectivity index (χ1) is 10.1. The van der Waals surface area contributed by atoms with Crippen molar-refractivity contribution in [1.29, 1.82) is 0 Å². The lowest BCUT2D eigenvalue weighted by atomic mass is 9.94. The fourth-order valence-corrected chi connectivity index (χ4v) is 3.77. The van der Waals surface area contributed by atoms with Crippen LogP contribution in [0.4, 0.5) is 0 Å². The van der Waals surface area contributed by atoms with Crippen molar-refractivity contribution in [2.24, 2.45) is 0 Å². The summed E-state index contributed by atoms with van der Waals surface area (Å²) in [6.07, 6.45) is 6.72. The van der Waals surface area contributed by atoms with E-state index in [1.165, 1.54) is 0 Å². The molecule has 1 fully saturated rings. The van der Waals surface area contributed by atoms with Crippen LogP contribution in [0.15, 0.2) is 6.20 Å². The summed E-state index contributed by atoms with van der Waals surface area (Å²) in [5.41, 5.74) is 1.11. The smallest absolute Gasteiger partial charge is 0.326 e. The zero-order chi connectivity index (χ0) is 15.0. The molecule has 5 nitrogen and oxygen atoms in total. The van der Waals surface area contributed by atoms with Crippen LogP contribution >= 0.6 is 0 Å². The predicted octanol–water partition coefficient (Wildman–Crippen LogP) is 2.43. The molecule has 3 heterocycles. The first kappa shape index (κ1) is 14.6. The van der Waals surface area contributed by atoms with Gasteiger partial charge < -0.3 is 14.6 Å². The van der Waals surface area contributed by atoms with Gasteiger partial charge in [-0.25, -0.2) is 9.78 Å². The monoisotopic (exact) mass is 291 g/mol. The van der Waals surface area contributed by atoms with Crippen LogP contribution in [0.25, 0.3) is 0 Å². The molecule has 0 radical (unpaired) electrons. The van der Waals surface area contributed by atoms with Crippen LogP contribution in [0.2, 0.25) is 0 Å². The Hall–Kier alpha value is -1.36. The summed E-state index contributed by atoms with van der Waals surface area (Å²) in [6, 6.07) is 0.182. The van der Waals surface area contributed by atoms with E-state index in [-0.39, 0.29) is 0 Å². The topological polar surface area (TPSA) is 58.4 Å². The van der Waals surface area contributed by atoms with Gasteiger partial charge in [-0.1, -0.05) is 0 Å². The normalized spacial score (nSPS) is 24.2. The van der Waals surface area contributed by atoms with E-state index in [9.17, 15) is 9.90 Å². The van der Waals surface area contributed by atoms with Crippen LogP contribution in [-0.2, 0) is 11.2 Å². The first-order valence-corrected chi connectivity index (χ1v) is 8.10. The third kappa shape index (κ3) is 2.71. The Labute approximate surface area is 126 Å². The summed E-state index contributed by atoms with van der Waals surface area (Å²) < 4.78 is 2.03. The van der Waals surface area contributed by atoms with Gasteiger partial charge in [0.2, 0.25) is 0 Å². The molecule has 0 spiro atoms. The van der Waals surface area contributed by atoms with Crippen molar-refractivity contribution in [2.45, 2.75) is 64.0 Å². The lowest BCUT2D eigenvalue weighted by Crippen LogP contribution is -2.38. The summed E-state index contributed by atoms with van der Waals surface area (Å²) in [4.78, 5) is 18.6. The number of imidazole rings is 1. The molecule has 1 atom stereocenters. The molecule has 1 unspecified atom stereocenters. The molecule has 116 valence electrons. The van der Waals surface area contributed by atoms with Gasteiger partial charge in [0.05, 0.1) is 0 Å². The minimum Gasteiger partial charge on any atom is -0.480 e. The Morgan fingerprint density at radius 1 is 1.33 bits per heavy atom. The van der Waals surface area contributed by atoms with E-state index >= 15 is 0 Å². The van der Waals surface area contributed by atoms with E-state index in [1.54, 1.807) is 0 Å². The summed E-state index contributed by atoms with van der Waals surface area (Å²) in [6.45, 7) is 6.64. The highest BCUT2D eigenvalue weighted by molar-refractivity contribution is 5.72. The van der Waals surface area contributed by atoms with Gasteiger partial charge in [0.25, 0.3) is 0 Å². The molecule has 2 aliphatic rings. The van der Waals surface area contributed by atoms with Crippen LogP contribution < -0.4 is 0 Å². The molecule has 0 aliphatic carbocycles. The Bertz CT molecular complexity index is 516. The molecule has 0 amide bonds. The van der Waals surface area contributed by atoms with E-state index in [1.807, 2.05) is 10.8 Å². The Kier molecular flexibility index (Phi) is 4.02. The molecule has 1 saturated heterocycles. The maximum Gasteiger partial charge on any atom is 0.326 e. The molecular weight excluding hydrogens is 266 g/mol. The van der Waals surface area contributed by atoms with Crippen LogP contribution in [0.1, 0.15) is 63.0 Å². The molecular formula is C16H25N3O2. The van der Waals surface area contributed by atoms with E-state index in [0.29, 0.717) is 12.0 Å². The number of rotatable bonds is 3. The second-order valence-electron chi connectivity index (χ2n) is 6.63.